The Bertz CT molecular complexity index is 614. The number of rotatable bonds is 4. The van der Waals surface area contributed by atoms with Crippen LogP contribution in [0.5, 0.6) is 0 Å². The van der Waals surface area contributed by atoms with Crippen LogP contribution in [0.3, 0.4) is 0 Å². The Balaban J connectivity index is 2.24. The molecule has 0 unspecified atom stereocenters. The lowest BCUT2D eigenvalue weighted by Gasteiger charge is -2.23. The molecule has 2 rings (SSSR count). The number of halogens is 1. The molecule has 110 valence electrons. The third-order valence-corrected chi connectivity index (χ3v) is 4.88. The first-order valence-electron chi connectivity index (χ1n) is 6.07. The van der Waals surface area contributed by atoms with Crippen LogP contribution in [0.1, 0.15) is 12.8 Å². The number of nitrogens with one attached hydrogen (secondary N) is 2. The van der Waals surface area contributed by atoms with Gasteiger partial charge in [-0.15, -0.1) is 0 Å². The van der Waals surface area contributed by atoms with E-state index in [-0.39, 0.29) is 16.0 Å². The summed E-state index contributed by atoms with van der Waals surface area (Å²) in [4.78, 5) is 9.93. The van der Waals surface area contributed by atoms with E-state index in [9.17, 15) is 18.5 Å². The quantitative estimate of drug-likeness (QED) is 0.643. The highest BCUT2D eigenvalue weighted by Gasteiger charge is 2.24. The van der Waals surface area contributed by atoms with Gasteiger partial charge in [-0.25, -0.2) is 13.1 Å². The lowest BCUT2D eigenvalue weighted by molar-refractivity contribution is -0.384. The third kappa shape index (κ3) is 3.45. The Morgan fingerprint density at radius 1 is 1.45 bits per heavy atom. The van der Waals surface area contributed by atoms with Gasteiger partial charge in [-0.3, -0.25) is 10.1 Å². The summed E-state index contributed by atoms with van der Waals surface area (Å²) in [6.45, 7) is 1.42. The summed E-state index contributed by atoms with van der Waals surface area (Å²) in [7, 11) is -3.79. The first-order chi connectivity index (χ1) is 9.40. The molecule has 7 nitrogen and oxygen atoms in total. The fourth-order valence-corrected chi connectivity index (χ4v) is 3.52. The van der Waals surface area contributed by atoms with E-state index < -0.39 is 20.6 Å². The average Bonchev–Trinajstić information content (AvgIpc) is 2.39. The normalized spacial score (nSPS) is 19.8. The Labute approximate surface area is 121 Å². The Morgan fingerprint density at radius 3 is 2.80 bits per heavy atom. The van der Waals surface area contributed by atoms with Crippen LogP contribution in [0, 0.1) is 10.1 Å². The van der Waals surface area contributed by atoms with Gasteiger partial charge in [-0.1, -0.05) is 11.6 Å². The van der Waals surface area contributed by atoms with E-state index in [1.165, 1.54) is 12.1 Å². The molecule has 0 saturated carbocycles. The highest BCUT2D eigenvalue weighted by atomic mass is 35.5. The SMILES string of the molecule is O=[N+]([O-])c1cc(S(=O)(=O)N[C@@H]2CCCNC2)ccc1Cl. The molecule has 0 bridgehead atoms. The van der Waals surface area contributed by atoms with E-state index in [4.69, 9.17) is 11.6 Å². The van der Waals surface area contributed by atoms with Crippen molar-refractivity contribution in [3.05, 3.63) is 33.3 Å². The van der Waals surface area contributed by atoms with Crippen LogP contribution in [0.2, 0.25) is 5.02 Å². The van der Waals surface area contributed by atoms with Crippen LogP contribution in [-0.4, -0.2) is 32.5 Å². The van der Waals surface area contributed by atoms with Gasteiger partial charge in [0.2, 0.25) is 10.0 Å². The second kappa shape index (κ2) is 6.04. The summed E-state index contributed by atoms with van der Waals surface area (Å²) in [5.41, 5.74) is -0.420. The zero-order valence-electron chi connectivity index (χ0n) is 10.5. The van der Waals surface area contributed by atoms with Crippen molar-refractivity contribution < 1.29 is 13.3 Å². The number of hydrogen-bond donors (Lipinski definition) is 2. The fraction of sp³-hybridized carbons (Fsp3) is 0.455. The van der Waals surface area contributed by atoms with Gasteiger partial charge in [0.1, 0.15) is 5.02 Å². The van der Waals surface area contributed by atoms with Crippen LogP contribution < -0.4 is 10.0 Å². The summed E-state index contributed by atoms with van der Waals surface area (Å²) < 4.78 is 26.9. The van der Waals surface area contributed by atoms with Gasteiger partial charge in [0.25, 0.3) is 5.69 Å². The lowest BCUT2D eigenvalue weighted by Crippen LogP contribution is -2.45. The first-order valence-corrected chi connectivity index (χ1v) is 7.93. The number of hydrogen-bond acceptors (Lipinski definition) is 5. The standard InChI is InChI=1S/C11H14ClN3O4S/c12-10-4-3-9(6-11(10)15(16)17)20(18,19)14-8-2-1-5-13-7-8/h3-4,6,8,13-14H,1-2,5,7H2/t8-/m1/s1. The third-order valence-electron chi connectivity index (χ3n) is 3.04. The smallest absolute Gasteiger partial charge is 0.289 e. The van der Waals surface area contributed by atoms with Gasteiger partial charge in [-0.05, 0) is 31.5 Å². The number of nitrogens with zero attached hydrogens (tertiary/aromatic N) is 1. The predicted octanol–water partition coefficient (Wildman–Crippen LogP) is 1.28. The summed E-state index contributed by atoms with van der Waals surface area (Å²) in [5.74, 6) is 0. The lowest BCUT2D eigenvalue weighted by atomic mass is 10.1. The zero-order valence-corrected chi connectivity index (χ0v) is 12.1. The van der Waals surface area contributed by atoms with E-state index in [2.05, 4.69) is 10.0 Å². The minimum Gasteiger partial charge on any atom is -0.315 e. The van der Waals surface area contributed by atoms with Gasteiger partial charge >= 0.3 is 0 Å². The van der Waals surface area contributed by atoms with Gasteiger partial charge < -0.3 is 5.32 Å². The maximum atomic E-state index is 12.2. The monoisotopic (exact) mass is 319 g/mol. The number of nitro groups is 1. The van der Waals surface area contributed by atoms with E-state index in [0.29, 0.717) is 6.54 Å². The number of piperidine rings is 1. The second-order valence-corrected chi connectivity index (χ2v) is 6.66. The molecule has 2 N–H and O–H groups in total. The van der Waals surface area contributed by atoms with Crippen molar-refractivity contribution in [2.75, 3.05) is 13.1 Å². The van der Waals surface area contributed by atoms with Crippen molar-refractivity contribution in [1.29, 1.82) is 0 Å². The molecule has 1 aromatic carbocycles. The maximum absolute atomic E-state index is 12.2. The predicted molar refractivity (Wildman–Crippen MR) is 74.3 cm³/mol. The molecular formula is C11H14ClN3O4S. The maximum Gasteiger partial charge on any atom is 0.289 e. The van der Waals surface area contributed by atoms with Crippen LogP contribution >= 0.6 is 11.6 Å². The summed E-state index contributed by atoms with van der Waals surface area (Å²) in [6.07, 6.45) is 1.62. The topological polar surface area (TPSA) is 101 Å². The number of sulfonamides is 1. The van der Waals surface area contributed by atoms with Gasteiger partial charge in [-0.2, -0.15) is 0 Å². The highest BCUT2D eigenvalue weighted by molar-refractivity contribution is 7.89. The Hall–Kier alpha value is -1.22. The van der Waals surface area contributed by atoms with Crippen molar-refractivity contribution in [3.8, 4) is 0 Å². The van der Waals surface area contributed by atoms with Gasteiger partial charge in [0.15, 0.2) is 0 Å². The van der Waals surface area contributed by atoms with Crippen molar-refractivity contribution in [1.82, 2.24) is 10.0 Å². The van der Waals surface area contributed by atoms with Crippen LogP contribution in [0.15, 0.2) is 23.1 Å². The molecular weight excluding hydrogens is 306 g/mol. The summed E-state index contributed by atoms with van der Waals surface area (Å²) in [5, 5.41) is 13.8. The van der Waals surface area contributed by atoms with Crippen LogP contribution in [0.4, 0.5) is 5.69 Å². The largest absolute Gasteiger partial charge is 0.315 e. The fourth-order valence-electron chi connectivity index (χ4n) is 2.04. The zero-order chi connectivity index (χ0) is 14.8. The molecule has 0 amide bonds. The van der Waals surface area contributed by atoms with E-state index in [0.717, 1.165) is 25.5 Å². The van der Waals surface area contributed by atoms with Crippen molar-refractivity contribution >= 4 is 27.3 Å². The molecule has 1 aliphatic heterocycles. The van der Waals surface area contributed by atoms with Crippen molar-refractivity contribution in [3.63, 3.8) is 0 Å². The van der Waals surface area contributed by atoms with E-state index in [1.807, 2.05) is 0 Å². The summed E-state index contributed by atoms with van der Waals surface area (Å²) in [6, 6.07) is 3.24. The first kappa shape index (κ1) is 15.2. The molecule has 1 heterocycles. The minimum absolute atomic E-state index is 0.0896. The molecule has 1 fully saturated rings. The molecule has 1 atom stereocenters. The van der Waals surface area contributed by atoms with E-state index in [1.54, 1.807) is 0 Å². The minimum atomic E-state index is -3.79. The second-order valence-electron chi connectivity index (χ2n) is 4.53. The van der Waals surface area contributed by atoms with Crippen LogP contribution in [-0.2, 0) is 10.0 Å². The van der Waals surface area contributed by atoms with Crippen molar-refractivity contribution in [2.24, 2.45) is 0 Å². The van der Waals surface area contributed by atoms with Gasteiger partial charge in [0.05, 0.1) is 9.82 Å². The molecule has 1 aliphatic rings. The molecule has 0 aromatic heterocycles. The summed E-state index contributed by atoms with van der Waals surface area (Å²) >= 11 is 5.67. The Kier molecular flexibility index (Phi) is 4.59. The molecule has 1 aromatic rings. The Morgan fingerprint density at radius 2 is 2.20 bits per heavy atom. The molecule has 20 heavy (non-hydrogen) atoms. The molecule has 9 heteroatoms. The molecule has 1 saturated heterocycles. The molecule has 0 aliphatic carbocycles. The van der Waals surface area contributed by atoms with Gasteiger partial charge in [0, 0.05) is 18.7 Å². The average molecular weight is 320 g/mol. The molecule has 0 radical (unpaired) electrons. The van der Waals surface area contributed by atoms with Crippen LogP contribution in [0.25, 0.3) is 0 Å². The number of nitro benzene ring substituents is 1. The highest BCUT2D eigenvalue weighted by Crippen LogP contribution is 2.27. The number of benzene rings is 1. The van der Waals surface area contributed by atoms with Crippen molar-refractivity contribution in [2.45, 2.75) is 23.8 Å². The van der Waals surface area contributed by atoms with E-state index >= 15 is 0 Å². The molecule has 0 spiro atoms.